The molecule has 0 aromatic heterocycles. The van der Waals surface area contributed by atoms with E-state index in [0.717, 1.165) is 0 Å². The van der Waals surface area contributed by atoms with Crippen molar-refractivity contribution in [2.75, 3.05) is 0 Å². The van der Waals surface area contributed by atoms with Crippen LogP contribution < -0.4 is 0 Å². The van der Waals surface area contributed by atoms with E-state index in [1.54, 1.807) is 38.1 Å². The lowest BCUT2D eigenvalue weighted by Gasteiger charge is -2.37. The number of benzene rings is 2. The average Bonchev–Trinajstić information content (AvgIpc) is 3.03. The van der Waals surface area contributed by atoms with E-state index < -0.39 is 51.5 Å². The molecule has 2 aromatic carbocycles. The molecular formula is C18H17Cl3O. The second kappa shape index (κ2) is 5.14. The van der Waals surface area contributed by atoms with E-state index in [9.17, 15) is 5.11 Å². The Morgan fingerprint density at radius 2 is 1.59 bits per heavy atom. The summed E-state index contributed by atoms with van der Waals surface area (Å²) in [5.41, 5.74) is -3.20. The van der Waals surface area contributed by atoms with Crippen LogP contribution in [0.4, 0.5) is 0 Å². The number of hydrogen-bond donors (Lipinski definition) is 1. The Hall–Kier alpha value is -0.730. The van der Waals surface area contributed by atoms with Gasteiger partial charge in [-0.25, -0.2) is 0 Å². The van der Waals surface area contributed by atoms with Gasteiger partial charge in [0.15, 0.2) is 0 Å². The van der Waals surface area contributed by atoms with Gasteiger partial charge in [-0.2, -0.15) is 0 Å². The first kappa shape index (κ1) is 10.9. The van der Waals surface area contributed by atoms with Gasteiger partial charge in [-0.15, -0.1) is 23.2 Å². The Balaban J connectivity index is 2.43. The van der Waals surface area contributed by atoms with Crippen LogP contribution in [-0.4, -0.2) is 9.44 Å². The van der Waals surface area contributed by atoms with Crippen LogP contribution in [0.1, 0.15) is 31.8 Å². The second-order valence-corrected chi connectivity index (χ2v) is 7.59. The van der Waals surface area contributed by atoms with Crippen LogP contribution in [0.2, 0.25) is 5.02 Å². The summed E-state index contributed by atoms with van der Waals surface area (Å²) >= 11 is 18.9. The molecule has 4 heteroatoms. The summed E-state index contributed by atoms with van der Waals surface area (Å²) in [5.74, 6) is -0.410. The SMILES string of the molecule is [2H]c1c([2H])c([2H])c([C@@](O)(c2ccc(Cl)cc2)[C@]2(C)[C@H](C)C2(Cl)Cl)c([2H])c1[2H]. The summed E-state index contributed by atoms with van der Waals surface area (Å²) in [4.78, 5) is 0. The molecule has 116 valence electrons. The molecule has 0 heterocycles. The van der Waals surface area contributed by atoms with Crippen molar-refractivity contribution in [3.63, 3.8) is 0 Å². The zero-order chi connectivity index (χ0) is 20.5. The van der Waals surface area contributed by atoms with Crippen molar-refractivity contribution in [1.82, 2.24) is 0 Å². The lowest BCUT2D eigenvalue weighted by molar-refractivity contribution is 0.00156. The third-order valence-electron chi connectivity index (χ3n) is 4.89. The Morgan fingerprint density at radius 1 is 1.09 bits per heavy atom. The van der Waals surface area contributed by atoms with Gasteiger partial charge in [0.25, 0.3) is 0 Å². The summed E-state index contributed by atoms with van der Waals surface area (Å²) < 4.78 is 39.1. The molecule has 1 aliphatic rings. The van der Waals surface area contributed by atoms with Crippen LogP contribution in [0, 0.1) is 11.3 Å². The fraction of sp³-hybridized carbons (Fsp3) is 0.333. The third kappa shape index (κ3) is 1.96. The van der Waals surface area contributed by atoms with Crippen LogP contribution in [0.5, 0.6) is 0 Å². The molecule has 3 rings (SSSR count). The number of aliphatic hydroxyl groups is 1. The van der Waals surface area contributed by atoms with Crippen molar-refractivity contribution in [2.45, 2.75) is 23.8 Å². The molecule has 1 N–H and O–H groups in total. The summed E-state index contributed by atoms with van der Waals surface area (Å²) in [6.45, 7) is 3.39. The van der Waals surface area contributed by atoms with Crippen molar-refractivity contribution in [1.29, 1.82) is 0 Å². The number of rotatable bonds is 3. The highest BCUT2D eigenvalue weighted by molar-refractivity contribution is 6.52. The van der Waals surface area contributed by atoms with Crippen molar-refractivity contribution in [2.24, 2.45) is 11.3 Å². The van der Waals surface area contributed by atoms with Gasteiger partial charge in [0.1, 0.15) is 9.93 Å². The third-order valence-corrected chi connectivity index (χ3v) is 6.59. The summed E-state index contributed by atoms with van der Waals surface area (Å²) in [5, 5.41) is 12.4. The molecule has 0 saturated heterocycles. The van der Waals surface area contributed by atoms with E-state index in [1.807, 2.05) is 0 Å². The van der Waals surface area contributed by atoms with E-state index in [1.165, 1.54) is 0 Å². The van der Waals surface area contributed by atoms with Crippen molar-refractivity contribution >= 4 is 34.8 Å². The molecular weight excluding hydrogens is 339 g/mol. The Morgan fingerprint density at radius 3 is 2.05 bits per heavy atom. The van der Waals surface area contributed by atoms with Gasteiger partial charge in [0.05, 0.1) is 6.85 Å². The predicted molar refractivity (Wildman–Crippen MR) is 92.6 cm³/mol. The minimum atomic E-state index is -2.03. The number of alkyl halides is 2. The van der Waals surface area contributed by atoms with Gasteiger partial charge in [-0.1, -0.05) is 67.8 Å². The first-order chi connectivity index (χ1) is 12.3. The zero-order valence-corrected chi connectivity index (χ0v) is 14.2. The Kier molecular flexibility index (Phi) is 2.55. The smallest absolute Gasteiger partial charge is 0.130 e. The molecule has 1 fully saturated rings. The van der Waals surface area contributed by atoms with Crippen LogP contribution in [-0.2, 0) is 5.60 Å². The first-order valence-corrected chi connectivity index (χ1v) is 7.90. The minimum absolute atomic E-state index is 0.256. The van der Waals surface area contributed by atoms with Gasteiger partial charge in [-0.05, 0) is 23.3 Å². The Labute approximate surface area is 152 Å². The van der Waals surface area contributed by atoms with Crippen LogP contribution in [0.25, 0.3) is 0 Å². The number of hydrogen-bond acceptors (Lipinski definition) is 1. The molecule has 3 atom stereocenters. The highest BCUT2D eigenvalue weighted by Crippen LogP contribution is 2.76. The van der Waals surface area contributed by atoms with Crippen LogP contribution in [0.3, 0.4) is 0 Å². The first-order valence-electron chi connectivity index (χ1n) is 9.27. The molecule has 1 saturated carbocycles. The van der Waals surface area contributed by atoms with Gasteiger partial charge < -0.3 is 5.11 Å². The van der Waals surface area contributed by atoms with E-state index >= 15 is 0 Å². The Bertz CT molecular complexity index is 905. The summed E-state index contributed by atoms with van der Waals surface area (Å²) in [7, 11) is 0. The molecule has 22 heavy (non-hydrogen) atoms. The minimum Gasteiger partial charge on any atom is -0.380 e. The molecule has 0 aliphatic heterocycles. The van der Waals surface area contributed by atoms with Gasteiger partial charge in [0.2, 0.25) is 0 Å². The molecule has 0 radical (unpaired) electrons. The van der Waals surface area contributed by atoms with E-state index in [4.69, 9.17) is 41.7 Å². The molecule has 0 bridgehead atoms. The topological polar surface area (TPSA) is 20.2 Å². The van der Waals surface area contributed by atoms with E-state index in [2.05, 4.69) is 0 Å². The highest BCUT2D eigenvalue weighted by Gasteiger charge is 2.79. The predicted octanol–water partition coefficient (Wildman–Crippen LogP) is 5.41. The monoisotopic (exact) mass is 359 g/mol. The standard InChI is InChI=1S/C18H17Cl3O/c1-12-16(2,18(12,20)21)17(22,13-6-4-3-5-7-13)14-8-10-15(19)11-9-14/h3-12,22H,1-2H3/t12-,16-,17+/m0/s1/i3D,4D,5D,6D,7D. The molecule has 0 unspecified atom stereocenters. The second-order valence-electron chi connectivity index (χ2n) is 5.76. The fourth-order valence-electron chi connectivity index (χ4n) is 3.12. The molecule has 2 aromatic rings. The average molecular weight is 361 g/mol. The van der Waals surface area contributed by atoms with Gasteiger partial charge >= 0.3 is 0 Å². The lowest BCUT2D eigenvalue weighted by atomic mass is 9.73. The molecule has 0 amide bonds. The zero-order valence-electron chi connectivity index (χ0n) is 17.0. The van der Waals surface area contributed by atoms with Gasteiger partial charge in [-0.3, -0.25) is 0 Å². The van der Waals surface area contributed by atoms with Gasteiger partial charge in [0, 0.05) is 16.4 Å². The summed E-state index contributed by atoms with van der Waals surface area (Å²) in [6, 6.07) is 3.59. The lowest BCUT2D eigenvalue weighted by Crippen LogP contribution is -2.40. The summed E-state index contributed by atoms with van der Waals surface area (Å²) in [6.07, 6.45) is 0. The van der Waals surface area contributed by atoms with Crippen LogP contribution in [0.15, 0.2) is 54.5 Å². The van der Waals surface area contributed by atoms with Crippen LogP contribution >= 0.6 is 34.8 Å². The quantitative estimate of drug-likeness (QED) is 0.726. The van der Waals surface area contributed by atoms with Crippen molar-refractivity contribution in [3.05, 3.63) is 70.6 Å². The van der Waals surface area contributed by atoms with Crippen molar-refractivity contribution < 1.29 is 12.0 Å². The van der Waals surface area contributed by atoms with E-state index in [-0.39, 0.29) is 5.56 Å². The maximum Gasteiger partial charge on any atom is 0.130 e. The van der Waals surface area contributed by atoms with Crippen molar-refractivity contribution in [3.8, 4) is 0 Å². The van der Waals surface area contributed by atoms with E-state index in [0.29, 0.717) is 10.6 Å². The normalized spacial score (nSPS) is 32.1. The molecule has 0 spiro atoms. The fourth-order valence-corrected chi connectivity index (χ4v) is 4.17. The highest BCUT2D eigenvalue weighted by atomic mass is 35.5. The number of halogens is 3. The maximum absolute atomic E-state index is 12.0. The maximum atomic E-state index is 12.0. The molecule has 1 nitrogen and oxygen atoms in total. The largest absolute Gasteiger partial charge is 0.380 e. The molecule has 1 aliphatic carbocycles.